The zero-order valence-electron chi connectivity index (χ0n) is 12.7. The topological polar surface area (TPSA) is 79.5 Å². The molecule has 0 bridgehead atoms. The number of hydrogen-bond acceptors (Lipinski definition) is 4. The number of benzene rings is 2. The summed E-state index contributed by atoms with van der Waals surface area (Å²) in [4.78, 5) is 23.7. The minimum Gasteiger partial charge on any atom is -0.484 e. The molecule has 0 spiro atoms. The van der Waals surface area contributed by atoms with Crippen LogP contribution in [0.3, 0.4) is 0 Å². The fourth-order valence-corrected chi connectivity index (χ4v) is 2.18. The van der Waals surface area contributed by atoms with E-state index in [1.807, 2.05) is 0 Å². The lowest BCUT2D eigenvalue weighted by Gasteiger charge is -2.12. The minimum atomic E-state index is -0.491. The van der Waals surface area contributed by atoms with Crippen LogP contribution in [-0.2, 0) is 4.79 Å². The summed E-state index contributed by atoms with van der Waals surface area (Å²) >= 11 is 16.6. The van der Waals surface area contributed by atoms with Crippen LogP contribution in [0.1, 0.15) is 10.4 Å². The van der Waals surface area contributed by atoms with Crippen LogP contribution in [0, 0.1) is 0 Å². The third kappa shape index (κ3) is 6.22. The number of carbonyl (C=O) groups excluding carboxylic acids is 2. The molecule has 0 heterocycles. The highest BCUT2D eigenvalue weighted by molar-refractivity contribution is 7.80. The second kappa shape index (κ2) is 9.22. The van der Waals surface area contributed by atoms with Crippen molar-refractivity contribution in [2.24, 2.45) is 0 Å². The molecule has 2 aromatic rings. The van der Waals surface area contributed by atoms with Crippen LogP contribution in [0.4, 0.5) is 0 Å². The van der Waals surface area contributed by atoms with E-state index in [0.717, 1.165) is 0 Å². The molecule has 0 aliphatic rings. The zero-order valence-corrected chi connectivity index (χ0v) is 15.0. The SMILES string of the molecule is O=C(COc1ccc(Cl)cc1)NNC(=S)NC(=O)c1ccccc1Cl. The fourth-order valence-electron chi connectivity index (χ4n) is 1.69. The molecule has 2 rings (SSSR count). The first kappa shape index (κ1) is 19.0. The summed E-state index contributed by atoms with van der Waals surface area (Å²) < 4.78 is 5.26. The van der Waals surface area contributed by atoms with Crippen LogP contribution in [0.5, 0.6) is 5.75 Å². The van der Waals surface area contributed by atoms with Gasteiger partial charge in [0.15, 0.2) is 11.7 Å². The maximum Gasteiger partial charge on any atom is 0.276 e. The number of carbonyl (C=O) groups is 2. The van der Waals surface area contributed by atoms with Crippen molar-refractivity contribution in [3.63, 3.8) is 0 Å². The molecule has 6 nitrogen and oxygen atoms in total. The smallest absolute Gasteiger partial charge is 0.276 e. The van der Waals surface area contributed by atoms with Crippen LogP contribution in [0.25, 0.3) is 0 Å². The molecule has 2 amide bonds. The number of rotatable bonds is 4. The summed E-state index contributed by atoms with van der Waals surface area (Å²) in [6.45, 7) is -0.240. The summed E-state index contributed by atoms with van der Waals surface area (Å²) in [6.07, 6.45) is 0. The van der Waals surface area contributed by atoms with E-state index in [2.05, 4.69) is 16.2 Å². The Labute approximate surface area is 159 Å². The van der Waals surface area contributed by atoms with Crippen LogP contribution in [-0.4, -0.2) is 23.5 Å². The van der Waals surface area contributed by atoms with E-state index >= 15 is 0 Å². The Bertz CT molecular complexity index is 784. The molecule has 130 valence electrons. The van der Waals surface area contributed by atoms with Crippen molar-refractivity contribution in [1.29, 1.82) is 0 Å². The van der Waals surface area contributed by atoms with Gasteiger partial charge in [0, 0.05) is 5.02 Å². The second-order valence-electron chi connectivity index (χ2n) is 4.68. The molecule has 3 N–H and O–H groups in total. The Morgan fingerprint density at radius 3 is 2.36 bits per heavy atom. The van der Waals surface area contributed by atoms with Gasteiger partial charge < -0.3 is 4.74 Å². The quantitative estimate of drug-likeness (QED) is 0.545. The van der Waals surface area contributed by atoms with Gasteiger partial charge in [0.2, 0.25) is 0 Å². The highest BCUT2D eigenvalue weighted by Crippen LogP contribution is 2.15. The van der Waals surface area contributed by atoms with E-state index in [4.69, 9.17) is 40.2 Å². The van der Waals surface area contributed by atoms with Crippen LogP contribution in [0.15, 0.2) is 48.5 Å². The maximum atomic E-state index is 12.0. The van der Waals surface area contributed by atoms with Crippen molar-refractivity contribution in [3.05, 3.63) is 64.1 Å². The number of thiocarbonyl (C=S) groups is 1. The van der Waals surface area contributed by atoms with Crippen molar-refractivity contribution in [2.75, 3.05) is 6.61 Å². The van der Waals surface area contributed by atoms with E-state index in [1.54, 1.807) is 48.5 Å². The van der Waals surface area contributed by atoms with Gasteiger partial charge in [0.1, 0.15) is 5.75 Å². The molecular formula is C16H13Cl2N3O3S. The van der Waals surface area contributed by atoms with Gasteiger partial charge in [-0.3, -0.25) is 25.8 Å². The van der Waals surface area contributed by atoms with E-state index in [-0.39, 0.29) is 17.3 Å². The van der Waals surface area contributed by atoms with Gasteiger partial charge >= 0.3 is 0 Å². The summed E-state index contributed by atoms with van der Waals surface area (Å²) in [6, 6.07) is 13.1. The van der Waals surface area contributed by atoms with Crippen molar-refractivity contribution in [1.82, 2.24) is 16.2 Å². The normalized spacial score (nSPS) is 9.84. The van der Waals surface area contributed by atoms with Crippen molar-refractivity contribution < 1.29 is 14.3 Å². The predicted molar refractivity (Wildman–Crippen MR) is 99.7 cm³/mol. The Hall–Kier alpha value is -2.35. The number of hydrogen-bond donors (Lipinski definition) is 3. The molecule has 25 heavy (non-hydrogen) atoms. The lowest BCUT2D eigenvalue weighted by molar-refractivity contribution is -0.123. The fraction of sp³-hybridized carbons (Fsp3) is 0.0625. The first-order chi connectivity index (χ1) is 12.0. The molecular weight excluding hydrogens is 385 g/mol. The number of nitrogens with one attached hydrogen (secondary N) is 3. The van der Waals surface area contributed by atoms with Crippen LogP contribution >= 0.6 is 35.4 Å². The largest absolute Gasteiger partial charge is 0.484 e. The van der Waals surface area contributed by atoms with E-state index in [0.29, 0.717) is 15.8 Å². The van der Waals surface area contributed by atoms with Crippen molar-refractivity contribution in [3.8, 4) is 5.75 Å². The van der Waals surface area contributed by atoms with E-state index in [9.17, 15) is 9.59 Å². The van der Waals surface area contributed by atoms with Gasteiger partial charge in [-0.2, -0.15) is 0 Å². The highest BCUT2D eigenvalue weighted by Gasteiger charge is 2.11. The lowest BCUT2D eigenvalue weighted by Crippen LogP contribution is -2.49. The Morgan fingerprint density at radius 1 is 1.00 bits per heavy atom. The molecule has 0 fully saturated rings. The van der Waals surface area contributed by atoms with E-state index < -0.39 is 11.8 Å². The average Bonchev–Trinajstić information content (AvgIpc) is 2.59. The Kier molecular flexibility index (Phi) is 7.00. The Morgan fingerprint density at radius 2 is 1.68 bits per heavy atom. The van der Waals surface area contributed by atoms with Crippen molar-refractivity contribution >= 4 is 52.3 Å². The molecule has 0 unspecified atom stereocenters. The Balaban J connectivity index is 1.74. The molecule has 0 radical (unpaired) electrons. The van der Waals surface area contributed by atoms with Gasteiger partial charge in [-0.05, 0) is 48.6 Å². The first-order valence-corrected chi connectivity index (χ1v) is 8.15. The monoisotopic (exact) mass is 397 g/mol. The summed E-state index contributed by atoms with van der Waals surface area (Å²) in [5.41, 5.74) is 4.98. The summed E-state index contributed by atoms with van der Waals surface area (Å²) in [7, 11) is 0. The highest BCUT2D eigenvalue weighted by atomic mass is 35.5. The molecule has 0 saturated heterocycles. The predicted octanol–water partition coefficient (Wildman–Crippen LogP) is 2.71. The molecule has 2 aromatic carbocycles. The number of halogens is 2. The summed E-state index contributed by atoms with van der Waals surface area (Å²) in [5.74, 6) is -0.479. The summed E-state index contributed by atoms with van der Waals surface area (Å²) in [5, 5.41) is 3.18. The molecule has 0 aromatic heterocycles. The van der Waals surface area contributed by atoms with Crippen LogP contribution in [0.2, 0.25) is 10.0 Å². The van der Waals surface area contributed by atoms with Gasteiger partial charge in [0.25, 0.3) is 11.8 Å². The van der Waals surface area contributed by atoms with E-state index in [1.165, 1.54) is 0 Å². The number of hydrazine groups is 1. The van der Waals surface area contributed by atoms with Gasteiger partial charge in [-0.1, -0.05) is 35.3 Å². The van der Waals surface area contributed by atoms with Gasteiger partial charge in [0.05, 0.1) is 10.6 Å². The number of ether oxygens (including phenoxy) is 1. The third-order valence-electron chi connectivity index (χ3n) is 2.84. The lowest BCUT2D eigenvalue weighted by atomic mass is 10.2. The third-order valence-corrected chi connectivity index (χ3v) is 3.63. The van der Waals surface area contributed by atoms with Crippen LogP contribution < -0.4 is 20.9 Å². The molecule has 0 atom stereocenters. The number of amides is 2. The molecule has 9 heteroatoms. The van der Waals surface area contributed by atoms with Crippen molar-refractivity contribution in [2.45, 2.75) is 0 Å². The minimum absolute atomic E-state index is 0.0789. The van der Waals surface area contributed by atoms with Gasteiger partial charge in [-0.25, -0.2) is 0 Å². The standard InChI is InChI=1S/C16H13Cl2N3O3S/c17-10-5-7-11(8-6-10)24-9-14(22)20-21-16(25)19-15(23)12-3-1-2-4-13(12)18/h1-8H,9H2,(H,20,22)(H2,19,21,23,25). The molecule has 0 saturated carbocycles. The average molecular weight is 398 g/mol. The van der Waals surface area contributed by atoms with Gasteiger partial charge in [-0.15, -0.1) is 0 Å². The second-order valence-corrected chi connectivity index (χ2v) is 5.93. The molecule has 0 aliphatic heterocycles. The first-order valence-electron chi connectivity index (χ1n) is 6.99. The maximum absolute atomic E-state index is 12.0. The molecule has 0 aliphatic carbocycles. The zero-order chi connectivity index (χ0) is 18.2.